The summed E-state index contributed by atoms with van der Waals surface area (Å²) < 4.78 is 1.81. The minimum Gasteiger partial charge on any atom is -0.345 e. The Labute approximate surface area is 205 Å². The molecule has 1 atom stereocenters. The van der Waals surface area contributed by atoms with E-state index in [1.54, 1.807) is 0 Å². The molecule has 4 aromatic rings. The lowest BCUT2D eigenvalue weighted by Crippen LogP contribution is -2.26. The van der Waals surface area contributed by atoms with Crippen molar-refractivity contribution in [1.82, 2.24) is 15.1 Å². The fourth-order valence-electron chi connectivity index (χ4n) is 4.05. The molecule has 1 fully saturated rings. The Kier molecular flexibility index (Phi) is 6.44. The van der Waals surface area contributed by atoms with Crippen LogP contribution in [0.25, 0.3) is 11.3 Å². The molecule has 176 valence electrons. The highest BCUT2D eigenvalue weighted by atomic mass is 16.2. The Morgan fingerprint density at radius 3 is 2.26 bits per heavy atom. The first kappa shape index (κ1) is 22.6. The van der Waals surface area contributed by atoms with Gasteiger partial charge < -0.3 is 10.6 Å². The van der Waals surface area contributed by atoms with Crippen LogP contribution in [0.4, 0.5) is 5.69 Å². The smallest absolute Gasteiger partial charge is 0.255 e. The first-order valence-electron chi connectivity index (χ1n) is 12.0. The lowest BCUT2D eigenvalue weighted by molar-refractivity contribution is -0.117. The molecule has 5 rings (SSSR count). The molecular formula is C29H28N4O2. The summed E-state index contributed by atoms with van der Waals surface area (Å²) in [4.78, 5) is 25.3. The summed E-state index contributed by atoms with van der Waals surface area (Å²) in [6.07, 6.45) is 3.76. The molecule has 1 aliphatic carbocycles. The van der Waals surface area contributed by atoms with Gasteiger partial charge in [0, 0.05) is 23.4 Å². The molecule has 35 heavy (non-hydrogen) atoms. The monoisotopic (exact) mass is 464 g/mol. The Bertz CT molecular complexity index is 1310. The van der Waals surface area contributed by atoms with Gasteiger partial charge in [-0.2, -0.15) is 5.10 Å². The van der Waals surface area contributed by atoms with E-state index in [0.717, 1.165) is 35.2 Å². The van der Waals surface area contributed by atoms with Crippen LogP contribution in [-0.2, 0) is 11.3 Å². The van der Waals surface area contributed by atoms with Gasteiger partial charge in [0.1, 0.15) is 5.69 Å². The standard InChI is InChI=1S/C29H28N4O2/c1-20(22-14-16-25(17-15-22)31-28(34)24-12-13-24)30-29(35)26-19-33(18-21-8-4-2-5-9-21)32-27(26)23-10-6-3-7-11-23/h2-11,14-17,19-20,24H,12-13,18H2,1H3,(H,30,35)(H,31,34). The average molecular weight is 465 g/mol. The summed E-state index contributed by atoms with van der Waals surface area (Å²) in [7, 11) is 0. The number of anilines is 1. The molecule has 0 bridgehead atoms. The van der Waals surface area contributed by atoms with Crippen LogP contribution >= 0.6 is 0 Å². The van der Waals surface area contributed by atoms with Crippen molar-refractivity contribution in [2.45, 2.75) is 32.4 Å². The minimum absolute atomic E-state index is 0.0834. The molecule has 6 heteroatoms. The van der Waals surface area contributed by atoms with Gasteiger partial charge in [0.15, 0.2) is 0 Å². The minimum atomic E-state index is -0.211. The number of rotatable bonds is 8. The first-order valence-corrected chi connectivity index (χ1v) is 12.0. The molecule has 6 nitrogen and oxygen atoms in total. The van der Waals surface area contributed by atoms with Crippen LogP contribution in [0.3, 0.4) is 0 Å². The molecule has 1 heterocycles. The van der Waals surface area contributed by atoms with Gasteiger partial charge in [-0.1, -0.05) is 72.8 Å². The maximum atomic E-state index is 13.4. The van der Waals surface area contributed by atoms with Crippen molar-refractivity contribution in [3.8, 4) is 11.3 Å². The molecule has 0 radical (unpaired) electrons. The highest BCUT2D eigenvalue weighted by Gasteiger charge is 2.29. The predicted octanol–water partition coefficient (Wildman–Crippen LogP) is 5.44. The van der Waals surface area contributed by atoms with Crippen molar-refractivity contribution in [3.05, 3.63) is 108 Å². The maximum absolute atomic E-state index is 13.4. The highest BCUT2D eigenvalue weighted by molar-refractivity contribution is 6.00. The van der Waals surface area contributed by atoms with E-state index in [9.17, 15) is 9.59 Å². The largest absolute Gasteiger partial charge is 0.345 e. The van der Waals surface area contributed by atoms with E-state index in [4.69, 9.17) is 5.10 Å². The molecule has 0 spiro atoms. The number of amides is 2. The lowest BCUT2D eigenvalue weighted by atomic mass is 10.1. The Morgan fingerprint density at radius 2 is 1.60 bits per heavy atom. The van der Waals surface area contributed by atoms with Crippen molar-refractivity contribution in [2.75, 3.05) is 5.32 Å². The van der Waals surface area contributed by atoms with E-state index >= 15 is 0 Å². The number of carbonyl (C=O) groups is 2. The highest BCUT2D eigenvalue weighted by Crippen LogP contribution is 2.30. The van der Waals surface area contributed by atoms with Crippen LogP contribution in [0.15, 0.2) is 91.1 Å². The van der Waals surface area contributed by atoms with E-state index in [0.29, 0.717) is 17.8 Å². The number of hydrogen-bond donors (Lipinski definition) is 2. The first-order chi connectivity index (χ1) is 17.1. The Morgan fingerprint density at radius 1 is 0.943 bits per heavy atom. The van der Waals surface area contributed by atoms with Gasteiger partial charge in [-0.15, -0.1) is 0 Å². The lowest BCUT2D eigenvalue weighted by Gasteiger charge is -2.15. The van der Waals surface area contributed by atoms with Crippen LogP contribution in [0.5, 0.6) is 0 Å². The molecule has 1 aliphatic rings. The predicted molar refractivity (Wildman–Crippen MR) is 137 cm³/mol. The summed E-state index contributed by atoms with van der Waals surface area (Å²) in [5, 5.41) is 10.8. The molecule has 3 aromatic carbocycles. The topological polar surface area (TPSA) is 76.0 Å². The van der Waals surface area contributed by atoms with E-state index in [1.807, 2.05) is 103 Å². The fourth-order valence-corrected chi connectivity index (χ4v) is 4.05. The molecule has 0 saturated heterocycles. The number of carbonyl (C=O) groups excluding carboxylic acids is 2. The van der Waals surface area contributed by atoms with Gasteiger partial charge >= 0.3 is 0 Å². The maximum Gasteiger partial charge on any atom is 0.255 e. The third kappa shape index (κ3) is 5.49. The van der Waals surface area contributed by atoms with Gasteiger partial charge in [-0.3, -0.25) is 14.3 Å². The molecule has 1 aromatic heterocycles. The van der Waals surface area contributed by atoms with Crippen LogP contribution in [-0.4, -0.2) is 21.6 Å². The normalized spacial score (nSPS) is 13.7. The van der Waals surface area contributed by atoms with Crippen LogP contribution in [0.2, 0.25) is 0 Å². The molecule has 2 amide bonds. The zero-order valence-electron chi connectivity index (χ0n) is 19.6. The zero-order valence-corrected chi connectivity index (χ0v) is 19.6. The summed E-state index contributed by atoms with van der Waals surface area (Å²) in [6, 6.07) is 27.2. The zero-order chi connectivity index (χ0) is 24.2. The van der Waals surface area contributed by atoms with Crippen LogP contribution < -0.4 is 10.6 Å². The van der Waals surface area contributed by atoms with Crippen LogP contribution in [0.1, 0.15) is 47.3 Å². The second-order valence-corrected chi connectivity index (χ2v) is 9.02. The fraction of sp³-hybridized carbons (Fsp3) is 0.207. The molecule has 1 unspecified atom stereocenters. The number of nitrogens with zero attached hydrogens (tertiary/aromatic N) is 2. The number of benzene rings is 3. The van der Waals surface area contributed by atoms with Gasteiger partial charge in [0.05, 0.1) is 18.2 Å². The second kappa shape index (κ2) is 9.97. The second-order valence-electron chi connectivity index (χ2n) is 9.02. The molecule has 2 N–H and O–H groups in total. The van der Waals surface area contributed by atoms with E-state index in [-0.39, 0.29) is 23.8 Å². The van der Waals surface area contributed by atoms with E-state index in [1.165, 1.54) is 0 Å². The van der Waals surface area contributed by atoms with E-state index in [2.05, 4.69) is 10.6 Å². The summed E-state index contributed by atoms with van der Waals surface area (Å²) in [5.41, 5.74) is 4.94. The van der Waals surface area contributed by atoms with Gasteiger partial charge in [0.25, 0.3) is 5.91 Å². The van der Waals surface area contributed by atoms with Gasteiger partial charge in [-0.25, -0.2) is 0 Å². The summed E-state index contributed by atoms with van der Waals surface area (Å²) in [5.74, 6) is 0.0661. The SMILES string of the molecule is CC(NC(=O)c1cn(Cc2ccccc2)nc1-c1ccccc1)c1ccc(NC(=O)C2CC2)cc1. The van der Waals surface area contributed by atoms with Crippen molar-refractivity contribution in [2.24, 2.45) is 5.92 Å². The Balaban J connectivity index is 1.33. The van der Waals surface area contributed by atoms with E-state index < -0.39 is 0 Å². The van der Waals surface area contributed by atoms with Crippen molar-refractivity contribution >= 4 is 17.5 Å². The van der Waals surface area contributed by atoms with Crippen molar-refractivity contribution in [1.29, 1.82) is 0 Å². The molecular weight excluding hydrogens is 436 g/mol. The Hall–Kier alpha value is -4.19. The quantitative estimate of drug-likeness (QED) is 0.365. The molecule has 0 aliphatic heterocycles. The van der Waals surface area contributed by atoms with Crippen LogP contribution in [0, 0.1) is 5.92 Å². The molecule has 1 saturated carbocycles. The van der Waals surface area contributed by atoms with Gasteiger partial charge in [0.2, 0.25) is 5.91 Å². The number of nitrogens with one attached hydrogen (secondary N) is 2. The third-order valence-electron chi connectivity index (χ3n) is 6.21. The van der Waals surface area contributed by atoms with Crippen molar-refractivity contribution in [3.63, 3.8) is 0 Å². The van der Waals surface area contributed by atoms with Gasteiger partial charge in [-0.05, 0) is 43.0 Å². The number of hydrogen-bond acceptors (Lipinski definition) is 3. The average Bonchev–Trinajstić information content (AvgIpc) is 3.66. The number of aromatic nitrogens is 2. The summed E-state index contributed by atoms with van der Waals surface area (Å²) >= 11 is 0. The van der Waals surface area contributed by atoms with Crippen molar-refractivity contribution < 1.29 is 9.59 Å². The summed E-state index contributed by atoms with van der Waals surface area (Å²) in [6.45, 7) is 2.53. The third-order valence-corrected chi connectivity index (χ3v) is 6.21.